The molecule has 0 amide bonds. The van der Waals surface area contributed by atoms with Gasteiger partial charge in [-0.3, -0.25) is 14.4 Å². The van der Waals surface area contributed by atoms with Crippen molar-refractivity contribution in [2.24, 2.45) is 10.9 Å². The molecular weight excluding hydrogens is 328 g/mol. The van der Waals surface area contributed by atoms with Crippen molar-refractivity contribution in [3.63, 3.8) is 0 Å². The second-order valence-electron chi connectivity index (χ2n) is 7.15. The number of hydrogen-bond donors (Lipinski definition) is 0. The topological polar surface area (TPSA) is 69.4 Å². The minimum absolute atomic E-state index is 0.221. The van der Waals surface area contributed by atoms with E-state index < -0.39 is 0 Å². The summed E-state index contributed by atoms with van der Waals surface area (Å²) in [5.41, 5.74) is 0.973. The zero-order valence-corrected chi connectivity index (χ0v) is 14.9. The first-order valence-electron chi connectivity index (χ1n) is 9.51. The van der Waals surface area contributed by atoms with Crippen LogP contribution < -0.4 is 10.2 Å². The lowest BCUT2D eigenvalue weighted by Crippen LogP contribution is -2.29. The molecule has 136 valence electrons. The molecule has 0 unspecified atom stereocenters. The number of rotatable bonds is 5. The molecule has 0 radical (unpaired) electrons. The molecule has 0 spiro atoms. The Morgan fingerprint density at radius 2 is 1.96 bits per heavy atom. The van der Waals surface area contributed by atoms with Crippen LogP contribution in [0.5, 0.6) is 5.88 Å². The summed E-state index contributed by atoms with van der Waals surface area (Å²) in [4.78, 5) is 26.1. The van der Waals surface area contributed by atoms with Gasteiger partial charge in [0.05, 0.1) is 25.0 Å². The van der Waals surface area contributed by atoms with E-state index in [-0.39, 0.29) is 5.91 Å². The number of ether oxygens (including phenoxy) is 1. The van der Waals surface area contributed by atoms with Crippen LogP contribution >= 0.6 is 0 Å². The zero-order valence-electron chi connectivity index (χ0n) is 14.9. The van der Waals surface area contributed by atoms with E-state index in [4.69, 9.17) is 9.73 Å². The number of carbonyl (C=O) groups is 1. The van der Waals surface area contributed by atoms with Gasteiger partial charge in [0.1, 0.15) is 11.2 Å². The van der Waals surface area contributed by atoms with E-state index in [1.54, 1.807) is 10.8 Å². The molecule has 4 rings (SSSR count). The molecular formula is C20H24N4O2. The van der Waals surface area contributed by atoms with Crippen LogP contribution in [0.2, 0.25) is 0 Å². The van der Waals surface area contributed by atoms with E-state index in [2.05, 4.69) is 9.97 Å². The number of pyridine rings is 1. The Kier molecular flexibility index (Phi) is 5.09. The van der Waals surface area contributed by atoms with Crippen molar-refractivity contribution in [2.75, 3.05) is 6.61 Å². The van der Waals surface area contributed by atoms with Gasteiger partial charge in [0.25, 0.3) is 5.91 Å². The number of hydrogen-bond acceptors (Lipinski definition) is 5. The van der Waals surface area contributed by atoms with Crippen LogP contribution in [-0.4, -0.2) is 33.1 Å². The second-order valence-corrected chi connectivity index (χ2v) is 7.15. The molecule has 2 aliphatic carbocycles. The van der Waals surface area contributed by atoms with Crippen LogP contribution in [0.15, 0.2) is 41.8 Å². The summed E-state index contributed by atoms with van der Waals surface area (Å²) in [6.45, 7) is 0.680. The largest absolute Gasteiger partial charge is 0.476 e. The predicted molar refractivity (Wildman–Crippen MR) is 96.8 cm³/mol. The van der Waals surface area contributed by atoms with Crippen molar-refractivity contribution >= 4 is 5.91 Å². The summed E-state index contributed by atoms with van der Waals surface area (Å²) < 4.78 is 7.14. The highest BCUT2D eigenvalue weighted by Crippen LogP contribution is 2.29. The normalized spacial score (nSPS) is 18.7. The summed E-state index contributed by atoms with van der Waals surface area (Å²) in [6, 6.07) is 5.92. The molecule has 0 saturated heterocycles. The molecule has 0 aliphatic heterocycles. The number of carbonyl (C=O) groups excluding carboxylic acids is 1. The Bertz CT molecular complexity index is 818. The fourth-order valence-electron chi connectivity index (χ4n) is 3.22. The van der Waals surface area contributed by atoms with Gasteiger partial charge in [-0.15, -0.1) is 0 Å². The minimum Gasteiger partial charge on any atom is -0.476 e. The maximum atomic E-state index is 12.9. The third-order valence-corrected chi connectivity index (χ3v) is 4.96. The smallest absolute Gasteiger partial charge is 0.283 e. The second kappa shape index (κ2) is 7.81. The molecule has 2 aromatic rings. The SMILES string of the molecule is O=C(c1cnc(OCC2CC2)cn1)n1ccccc1=NC1CCCCC1. The minimum atomic E-state index is -0.221. The first kappa shape index (κ1) is 16.9. The lowest BCUT2D eigenvalue weighted by molar-refractivity contribution is 0.0948. The molecule has 2 heterocycles. The van der Waals surface area contributed by atoms with Crippen LogP contribution in [0.25, 0.3) is 0 Å². The van der Waals surface area contributed by atoms with E-state index in [1.807, 2.05) is 18.2 Å². The molecule has 2 saturated carbocycles. The molecule has 2 aliphatic rings. The van der Waals surface area contributed by atoms with E-state index in [0.29, 0.717) is 35.6 Å². The molecule has 6 nitrogen and oxygen atoms in total. The lowest BCUT2D eigenvalue weighted by Gasteiger charge is -2.17. The summed E-state index contributed by atoms with van der Waals surface area (Å²) in [7, 11) is 0. The van der Waals surface area contributed by atoms with Crippen LogP contribution in [0, 0.1) is 5.92 Å². The van der Waals surface area contributed by atoms with Crippen LogP contribution in [-0.2, 0) is 0 Å². The predicted octanol–water partition coefficient (Wildman–Crippen LogP) is 2.99. The molecule has 0 bridgehead atoms. The molecule has 0 aromatic carbocycles. The fraction of sp³-hybridized carbons (Fsp3) is 0.500. The molecule has 2 aromatic heterocycles. The monoisotopic (exact) mass is 352 g/mol. The highest BCUT2D eigenvalue weighted by molar-refractivity contribution is 5.93. The molecule has 0 N–H and O–H groups in total. The Labute approximate surface area is 153 Å². The van der Waals surface area contributed by atoms with Gasteiger partial charge in [-0.05, 0) is 43.7 Å². The van der Waals surface area contributed by atoms with Crippen LogP contribution in [0.3, 0.4) is 0 Å². The van der Waals surface area contributed by atoms with Gasteiger partial charge in [0.15, 0.2) is 0 Å². The van der Waals surface area contributed by atoms with E-state index in [0.717, 1.165) is 12.8 Å². The van der Waals surface area contributed by atoms with Gasteiger partial charge in [-0.2, -0.15) is 0 Å². The van der Waals surface area contributed by atoms with E-state index in [1.165, 1.54) is 44.5 Å². The van der Waals surface area contributed by atoms with Crippen molar-refractivity contribution in [3.8, 4) is 5.88 Å². The van der Waals surface area contributed by atoms with Crippen molar-refractivity contribution in [2.45, 2.75) is 51.0 Å². The van der Waals surface area contributed by atoms with Gasteiger partial charge < -0.3 is 4.74 Å². The molecule has 26 heavy (non-hydrogen) atoms. The first-order valence-corrected chi connectivity index (χ1v) is 9.51. The van der Waals surface area contributed by atoms with Gasteiger partial charge in [-0.1, -0.05) is 25.3 Å². The fourth-order valence-corrected chi connectivity index (χ4v) is 3.22. The Balaban J connectivity index is 1.52. The zero-order chi connectivity index (χ0) is 17.8. The van der Waals surface area contributed by atoms with Crippen LogP contribution in [0.1, 0.15) is 55.4 Å². The Hall–Kier alpha value is -2.50. The standard InChI is InChI=1S/C20H24N4O2/c25-20(17-12-22-19(13-21-17)26-14-15-9-10-15)24-11-5-4-8-18(24)23-16-6-2-1-3-7-16/h4-5,8,11-13,15-16H,1-3,6-7,9-10,14H2. The van der Waals surface area contributed by atoms with Crippen molar-refractivity contribution in [3.05, 3.63) is 48.0 Å². The number of aromatic nitrogens is 3. The van der Waals surface area contributed by atoms with Gasteiger partial charge in [0.2, 0.25) is 5.88 Å². The van der Waals surface area contributed by atoms with Gasteiger partial charge in [0, 0.05) is 6.20 Å². The number of nitrogens with zero attached hydrogens (tertiary/aromatic N) is 4. The average Bonchev–Trinajstić information content (AvgIpc) is 3.52. The van der Waals surface area contributed by atoms with Crippen molar-refractivity contribution in [1.82, 2.24) is 14.5 Å². The molecule has 0 atom stereocenters. The summed E-state index contributed by atoms with van der Waals surface area (Å²) in [5.74, 6) is 0.905. The lowest BCUT2D eigenvalue weighted by atomic mass is 9.96. The summed E-state index contributed by atoms with van der Waals surface area (Å²) >= 11 is 0. The third-order valence-electron chi connectivity index (χ3n) is 4.96. The maximum Gasteiger partial charge on any atom is 0.283 e. The van der Waals surface area contributed by atoms with Crippen molar-refractivity contribution in [1.29, 1.82) is 0 Å². The Morgan fingerprint density at radius 3 is 2.69 bits per heavy atom. The van der Waals surface area contributed by atoms with E-state index >= 15 is 0 Å². The summed E-state index contributed by atoms with van der Waals surface area (Å²) in [5, 5.41) is 0. The van der Waals surface area contributed by atoms with Crippen LogP contribution in [0.4, 0.5) is 0 Å². The highest BCUT2D eigenvalue weighted by Gasteiger charge is 2.22. The Morgan fingerprint density at radius 1 is 1.12 bits per heavy atom. The third kappa shape index (κ3) is 4.18. The van der Waals surface area contributed by atoms with Crippen molar-refractivity contribution < 1.29 is 9.53 Å². The average molecular weight is 352 g/mol. The molecule has 2 fully saturated rings. The summed E-state index contributed by atoms with van der Waals surface area (Å²) in [6.07, 6.45) is 13.1. The maximum absolute atomic E-state index is 12.9. The highest BCUT2D eigenvalue weighted by atomic mass is 16.5. The van der Waals surface area contributed by atoms with Gasteiger partial charge >= 0.3 is 0 Å². The molecule has 6 heteroatoms. The first-order chi connectivity index (χ1) is 12.8. The van der Waals surface area contributed by atoms with E-state index in [9.17, 15) is 4.79 Å². The van der Waals surface area contributed by atoms with Gasteiger partial charge in [-0.25, -0.2) is 9.97 Å². The quantitative estimate of drug-likeness (QED) is 0.829.